The molecule has 1 aromatic carbocycles. The number of thioether (sulfide) groups is 1. The molecule has 19 heavy (non-hydrogen) atoms. The van der Waals surface area contributed by atoms with Gasteiger partial charge in [-0.3, -0.25) is 4.79 Å². The number of Topliss-reactive ketones (excluding diaryl/α,β-unsaturated/α-hetero) is 1. The molecule has 1 N–H and O–H groups in total. The number of nitrogens with one attached hydrogen (secondary N) is 1. The maximum atomic E-state index is 11.9. The van der Waals surface area contributed by atoms with Gasteiger partial charge in [0.1, 0.15) is 5.78 Å². The van der Waals surface area contributed by atoms with Gasteiger partial charge in [-0.2, -0.15) is 0 Å². The quantitative estimate of drug-likeness (QED) is 0.843. The second-order valence-corrected chi connectivity index (χ2v) is 7.07. The van der Waals surface area contributed by atoms with Gasteiger partial charge in [-0.15, -0.1) is 0 Å². The fraction of sp³-hybridized carbons (Fsp3) is 0.385. The van der Waals surface area contributed by atoms with E-state index < -0.39 is 0 Å². The molecule has 2 rings (SSSR count). The van der Waals surface area contributed by atoms with E-state index in [1.165, 1.54) is 11.8 Å². The van der Waals surface area contributed by atoms with E-state index in [9.17, 15) is 4.79 Å². The molecule has 0 unspecified atom stereocenters. The number of aromatic amines is 1. The van der Waals surface area contributed by atoms with Crippen molar-refractivity contribution >= 4 is 51.8 Å². The Bertz CT molecular complexity index is 592. The molecule has 2 aromatic rings. The van der Waals surface area contributed by atoms with Crippen molar-refractivity contribution < 1.29 is 4.79 Å². The van der Waals surface area contributed by atoms with Gasteiger partial charge >= 0.3 is 0 Å². The molecule has 0 spiro atoms. The van der Waals surface area contributed by atoms with Crippen LogP contribution in [-0.2, 0) is 4.79 Å². The van der Waals surface area contributed by atoms with Gasteiger partial charge in [-0.25, -0.2) is 4.98 Å². The van der Waals surface area contributed by atoms with Crippen molar-refractivity contribution in [3.8, 4) is 0 Å². The van der Waals surface area contributed by atoms with E-state index in [-0.39, 0.29) is 11.2 Å². The van der Waals surface area contributed by atoms with Gasteiger partial charge in [0.05, 0.1) is 26.8 Å². The van der Waals surface area contributed by atoms with Crippen LogP contribution in [0.5, 0.6) is 0 Å². The van der Waals surface area contributed by atoms with Crippen LogP contribution in [-0.4, -0.2) is 21.5 Å². The van der Waals surface area contributed by atoms with E-state index in [2.05, 4.69) is 9.97 Å². The van der Waals surface area contributed by atoms with E-state index in [0.717, 1.165) is 11.0 Å². The van der Waals surface area contributed by atoms with Gasteiger partial charge in [-0.05, 0) is 12.1 Å². The Hall–Kier alpha value is -0.710. The molecule has 0 atom stereocenters. The fourth-order valence-electron chi connectivity index (χ4n) is 1.40. The smallest absolute Gasteiger partial charge is 0.166 e. The average molecular weight is 317 g/mol. The number of hydrogen-bond acceptors (Lipinski definition) is 3. The lowest BCUT2D eigenvalue weighted by Gasteiger charge is -2.15. The van der Waals surface area contributed by atoms with E-state index in [4.69, 9.17) is 23.2 Å². The van der Waals surface area contributed by atoms with Gasteiger partial charge < -0.3 is 4.98 Å². The Morgan fingerprint density at radius 1 is 1.32 bits per heavy atom. The third-order valence-corrected chi connectivity index (χ3v) is 4.27. The standard InChI is InChI=1S/C13H14Cl2N2OS/c1-13(2,3)11(18)6-19-12-16-9-4-7(14)8(15)5-10(9)17-12/h4-5H,6H2,1-3H3,(H,16,17). The second-order valence-electron chi connectivity index (χ2n) is 5.29. The molecule has 0 aliphatic heterocycles. The van der Waals surface area contributed by atoms with E-state index in [1.54, 1.807) is 12.1 Å². The molecule has 102 valence electrons. The van der Waals surface area contributed by atoms with Crippen molar-refractivity contribution in [1.29, 1.82) is 0 Å². The van der Waals surface area contributed by atoms with Crippen molar-refractivity contribution in [3.63, 3.8) is 0 Å². The number of imidazole rings is 1. The van der Waals surface area contributed by atoms with Crippen molar-refractivity contribution in [2.24, 2.45) is 5.41 Å². The summed E-state index contributed by atoms with van der Waals surface area (Å²) in [4.78, 5) is 19.4. The zero-order valence-electron chi connectivity index (χ0n) is 10.9. The molecule has 6 heteroatoms. The van der Waals surface area contributed by atoms with Gasteiger partial charge in [0.15, 0.2) is 5.16 Å². The highest BCUT2D eigenvalue weighted by Gasteiger charge is 2.21. The molecule has 0 saturated heterocycles. The highest BCUT2D eigenvalue weighted by Crippen LogP contribution is 2.29. The topological polar surface area (TPSA) is 45.8 Å². The first kappa shape index (κ1) is 14.7. The number of H-pyrrole nitrogens is 1. The lowest BCUT2D eigenvalue weighted by Crippen LogP contribution is -2.22. The minimum absolute atomic E-state index is 0.189. The summed E-state index contributed by atoms with van der Waals surface area (Å²) in [6, 6.07) is 3.45. The molecule has 0 amide bonds. The van der Waals surface area contributed by atoms with Crippen molar-refractivity contribution in [3.05, 3.63) is 22.2 Å². The van der Waals surface area contributed by atoms with Crippen LogP contribution in [0.3, 0.4) is 0 Å². The molecule has 0 aliphatic carbocycles. The first-order valence-corrected chi connectivity index (χ1v) is 7.52. The predicted molar refractivity (Wildman–Crippen MR) is 81.3 cm³/mol. The molecule has 3 nitrogen and oxygen atoms in total. The Morgan fingerprint density at radius 3 is 2.58 bits per heavy atom. The molecule has 1 heterocycles. The summed E-state index contributed by atoms with van der Waals surface area (Å²) in [5, 5.41) is 1.66. The maximum Gasteiger partial charge on any atom is 0.166 e. The van der Waals surface area contributed by atoms with Crippen LogP contribution in [0.4, 0.5) is 0 Å². The lowest BCUT2D eigenvalue weighted by atomic mass is 9.92. The summed E-state index contributed by atoms with van der Waals surface area (Å²) in [7, 11) is 0. The summed E-state index contributed by atoms with van der Waals surface area (Å²) in [6.07, 6.45) is 0. The number of carbonyl (C=O) groups excluding carboxylic acids is 1. The first-order valence-electron chi connectivity index (χ1n) is 5.78. The minimum atomic E-state index is -0.328. The van der Waals surface area contributed by atoms with E-state index in [0.29, 0.717) is 21.0 Å². The Labute approximate surface area is 126 Å². The summed E-state index contributed by atoms with van der Waals surface area (Å²) < 4.78 is 0. The summed E-state index contributed by atoms with van der Waals surface area (Å²) >= 11 is 13.3. The average Bonchev–Trinajstić information content (AvgIpc) is 2.67. The van der Waals surface area contributed by atoms with Crippen molar-refractivity contribution in [2.75, 3.05) is 5.75 Å². The molecular weight excluding hydrogens is 303 g/mol. The van der Waals surface area contributed by atoms with Crippen molar-refractivity contribution in [2.45, 2.75) is 25.9 Å². The molecule has 0 aliphatic rings. The summed E-state index contributed by atoms with van der Waals surface area (Å²) in [5.74, 6) is 0.583. The number of rotatable bonds is 3. The van der Waals surface area contributed by atoms with Gasteiger partial charge in [0.2, 0.25) is 0 Å². The van der Waals surface area contributed by atoms with Crippen molar-refractivity contribution in [1.82, 2.24) is 9.97 Å². The van der Waals surface area contributed by atoms with Crippen LogP contribution in [0, 0.1) is 5.41 Å². The number of nitrogens with zero attached hydrogens (tertiary/aromatic N) is 1. The molecular formula is C13H14Cl2N2OS. The van der Waals surface area contributed by atoms with Gasteiger partial charge in [0.25, 0.3) is 0 Å². The SMILES string of the molecule is CC(C)(C)C(=O)CSc1nc2cc(Cl)c(Cl)cc2[nH]1. The summed E-state index contributed by atoms with van der Waals surface area (Å²) in [5.41, 5.74) is 1.24. The fourth-order valence-corrected chi connectivity index (χ4v) is 2.77. The molecule has 0 bridgehead atoms. The highest BCUT2D eigenvalue weighted by atomic mass is 35.5. The number of fused-ring (bicyclic) bond motifs is 1. The van der Waals surface area contributed by atoms with Crippen LogP contribution in [0.15, 0.2) is 17.3 Å². The molecule has 0 saturated carbocycles. The zero-order valence-corrected chi connectivity index (χ0v) is 13.2. The first-order chi connectivity index (χ1) is 8.77. The van der Waals surface area contributed by atoms with Gasteiger partial charge in [-0.1, -0.05) is 55.7 Å². The number of hydrogen-bond donors (Lipinski definition) is 1. The molecule has 0 fully saturated rings. The summed E-state index contributed by atoms with van der Waals surface area (Å²) in [6.45, 7) is 5.73. The molecule has 1 aromatic heterocycles. The number of benzene rings is 1. The van der Waals surface area contributed by atoms with Crippen LogP contribution < -0.4 is 0 Å². The van der Waals surface area contributed by atoms with Crippen LogP contribution in [0.25, 0.3) is 11.0 Å². The molecule has 0 radical (unpaired) electrons. The number of carbonyl (C=O) groups is 1. The number of halogens is 2. The lowest BCUT2D eigenvalue weighted by molar-refractivity contribution is -0.123. The van der Waals surface area contributed by atoms with Crippen LogP contribution >= 0.6 is 35.0 Å². The highest BCUT2D eigenvalue weighted by molar-refractivity contribution is 7.99. The second kappa shape index (κ2) is 5.35. The largest absolute Gasteiger partial charge is 0.333 e. The zero-order chi connectivity index (χ0) is 14.2. The number of ketones is 1. The minimum Gasteiger partial charge on any atom is -0.333 e. The third kappa shape index (κ3) is 3.44. The Balaban J connectivity index is 2.16. The van der Waals surface area contributed by atoms with Crippen LogP contribution in [0.2, 0.25) is 10.0 Å². The normalized spacial score (nSPS) is 12.1. The Kier molecular flexibility index (Phi) is 4.14. The Morgan fingerprint density at radius 2 is 1.95 bits per heavy atom. The third-order valence-electron chi connectivity index (χ3n) is 2.68. The van der Waals surface area contributed by atoms with E-state index in [1.807, 2.05) is 20.8 Å². The predicted octanol–water partition coefficient (Wildman–Crippen LogP) is 4.58. The van der Waals surface area contributed by atoms with Crippen LogP contribution in [0.1, 0.15) is 20.8 Å². The van der Waals surface area contributed by atoms with Gasteiger partial charge in [0, 0.05) is 5.41 Å². The van der Waals surface area contributed by atoms with E-state index >= 15 is 0 Å². The monoisotopic (exact) mass is 316 g/mol. The number of aromatic nitrogens is 2. The maximum absolute atomic E-state index is 11.9.